The molecule has 10 heteroatoms. The monoisotopic (exact) mass is 700 g/mol. The molecule has 3 heterocycles. The molecule has 0 spiro atoms. The molecule has 0 N–H and O–H groups in total. The number of fused-ring (bicyclic) bond motifs is 6. The summed E-state index contributed by atoms with van der Waals surface area (Å²) in [6.07, 6.45) is 0. The van der Waals surface area contributed by atoms with E-state index in [1.165, 1.54) is 49.2 Å². The van der Waals surface area contributed by atoms with Gasteiger partial charge in [0.1, 0.15) is 44.8 Å². The quantitative estimate of drug-likeness (QED) is 0.260. The Hall–Kier alpha value is -6.53. The number of para-hydroxylation sites is 3. The van der Waals surface area contributed by atoms with Gasteiger partial charge in [-0.25, -0.2) is 15.0 Å². The third-order valence-corrected chi connectivity index (χ3v) is 11.7. The Balaban J connectivity index is 1.23. The first kappa shape index (κ1) is 33.1. The minimum atomic E-state index is 0.565. The highest BCUT2D eigenvalue weighted by Gasteiger charge is 2.23. The van der Waals surface area contributed by atoms with Crippen molar-refractivity contribution < 1.29 is 4.42 Å². The van der Waals surface area contributed by atoms with Crippen molar-refractivity contribution in [1.29, 1.82) is 0 Å². The van der Waals surface area contributed by atoms with Crippen LogP contribution in [0.15, 0.2) is 144 Å². The second kappa shape index (κ2) is 12.8. The van der Waals surface area contributed by atoms with E-state index in [9.17, 15) is 0 Å². The van der Waals surface area contributed by atoms with E-state index in [0.717, 1.165) is 55.3 Å². The number of hydrogen-bond acceptors (Lipinski definition) is 4. The van der Waals surface area contributed by atoms with E-state index in [0.29, 0.717) is 17.5 Å². The normalized spacial score (nSPS) is 11.6. The van der Waals surface area contributed by atoms with Crippen LogP contribution in [0, 0.1) is 0 Å². The molecule has 0 aliphatic rings. The fourth-order valence-corrected chi connectivity index (χ4v) is 8.48. The van der Waals surface area contributed by atoms with Crippen LogP contribution in [0.1, 0.15) is 0 Å². The van der Waals surface area contributed by atoms with E-state index in [-0.39, 0.29) is 0 Å². The summed E-state index contributed by atoms with van der Waals surface area (Å²) < 4.78 is 9.43. The number of aromatic nitrogens is 4. The molecule has 0 saturated heterocycles. The minimum Gasteiger partial charge on any atom is -0.453 e. The van der Waals surface area contributed by atoms with Gasteiger partial charge in [-0.15, -0.1) is 16.4 Å². The second-order valence-corrected chi connectivity index (χ2v) is 14.5. The van der Waals surface area contributed by atoms with Crippen molar-refractivity contribution in [2.24, 2.45) is 0 Å². The van der Waals surface area contributed by atoms with Gasteiger partial charge in [0.05, 0.1) is 22.3 Å². The van der Waals surface area contributed by atoms with Crippen molar-refractivity contribution in [2.45, 2.75) is 0 Å². The largest absolute Gasteiger partial charge is 0.453 e. The third-order valence-electron chi connectivity index (χ3n) is 11.7. The number of nitrogens with zero attached hydrogens (tertiary/aromatic N) is 4. The maximum Gasteiger partial charge on any atom is 0.167 e. The van der Waals surface area contributed by atoms with E-state index >= 15 is 0 Å². The Morgan fingerprint density at radius 3 is 1.56 bits per heavy atom. The zero-order valence-corrected chi connectivity index (χ0v) is 31.5. The van der Waals surface area contributed by atoms with Crippen molar-refractivity contribution in [3.05, 3.63) is 140 Å². The SMILES string of the molecule is Bc1c(B)c(B)c(-c2cccc3c2c2ccccc2n3-c2cccc3c2oc2c(-c4nc(-c5ccccc5)nc(-c5ccccc5)n4)cccc23)c(B)c1B. The summed E-state index contributed by atoms with van der Waals surface area (Å²) in [6.45, 7) is 0. The van der Waals surface area contributed by atoms with E-state index in [4.69, 9.17) is 19.4 Å². The maximum atomic E-state index is 7.06. The molecule has 7 aromatic carbocycles. The van der Waals surface area contributed by atoms with Gasteiger partial charge < -0.3 is 8.98 Å². The van der Waals surface area contributed by atoms with Crippen molar-refractivity contribution >= 4 is 110 Å². The van der Waals surface area contributed by atoms with Crippen molar-refractivity contribution in [3.8, 4) is 51.0 Å². The lowest BCUT2D eigenvalue weighted by Gasteiger charge is -2.21. The average Bonchev–Trinajstić information content (AvgIpc) is 3.79. The predicted octanol–water partition coefficient (Wildman–Crippen LogP) is 2.83. The lowest BCUT2D eigenvalue weighted by molar-refractivity contribution is 0.667. The van der Waals surface area contributed by atoms with E-state index < -0.39 is 0 Å². The molecule has 55 heavy (non-hydrogen) atoms. The first-order chi connectivity index (χ1) is 26.9. The fourth-order valence-electron chi connectivity index (χ4n) is 8.48. The summed E-state index contributed by atoms with van der Waals surface area (Å²) in [5, 5.41) is 4.50. The Kier molecular flexibility index (Phi) is 7.70. The highest BCUT2D eigenvalue weighted by molar-refractivity contribution is 6.69. The van der Waals surface area contributed by atoms with Crippen LogP contribution in [-0.2, 0) is 0 Å². The van der Waals surface area contributed by atoms with Crippen LogP contribution >= 0.6 is 0 Å². The zero-order chi connectivity index (χ0) is 37.4. The minimum absolute atomic E-state index is 0.565. The van der Waals surface area contributed by atoms with Crippen LogP contribution in [-0.4, -0.2) is 58.8 Å². The molecule has 0 aliphatic heterocycles. The molecule has 10 rings (SSSR count). The molecule has 3 aromatic heterocycles. The highest BCUT2D eigenvalue weighted by Crippen LogP contribution is 2.42. The summed E-state index contributed by atoms with van der Waals surface area (Å²) in [4.78, 5) is 15.0. The number of benzene rings is 7. The zero-order valence-electron chi connectivity index (χ0n) is 31.5. The van der Waals surface area contributed by atoms with Crippen molar-refractivity contribution in [1.82, 2.24) is 19.5 Å². The number of furan rings is 1. The molecule has 0 radical (unpaired) electrons. The molecule has 10 aromatic rings. The maximum absolute atomic E-state index is 7.06. The molecular formula is C45H33B5N4O. The van der Waals surface area contributed by atoms with Gasteiger partial charge in [0, 0.05) is 32.7 Å². The van der Waals surface area contributed by atoms with Gasteiger partial charge in [-0.1, -0.05) is 126 Å². The summed E-state index contributed by atoms with van der Waals surface area (Å²) in [7, 11) is 11.3. The highest BCUT2D eigenvalue weighted by atomic mass is 16.3. The second-order valence-electron chi connectivity index (χ2n) is 14.5. The molecule has 5 nitrogen and oxygen atoms in total. The smallest absolute Gasteiger partial charge is 0.167 e. The summed E-state index contributed by atoms with van der Waals surface area (Å²) in [5.41, 5.74) is 16.8. The number of rotatable bonds is 5. The Labute approximate surface area is 323 Å². The standard InChI is InChI=1S/C45H33B5N4O/c46-36-35(37(47)39(49)40(50)38(36)48)29-19-11-22-32-34(29)28-16-7-8-21-31(28)54(32)33-23-10-18-27-26-17-9-20-30(41(26)55-42(27)33)45-52-43(24-12-3-1-4-13-24)51-44(53-45)25-14-5-2-6-15-25/h1-23H,46-50H2. The van der Waals surface area contributed by atoms with Gasteiger partial charge in [0.15, 0.2) is 23.1 Å². The fraction of sp³-hybridized carbons (Fsp3) is 0. The molecule has 0 unspecified atom stereocenters. The molecule has 0 atom stereocenters. The Bertz CT molecular complexity index is 3070. The topological polar surface area (TPSA) is 56.7 Å². The lowest BCUT2D eigenvalue weighted by Crippen LogP contribution is -2.55. The molecular weight excluding hydrogens is 667 g/mol. The Morgan fingerprint density at radius 1 is 0.400 bits per heavy atom. The van der Waals surface area contributed by atoms with Crippen molar-refractivity contribution in [2.75, 3.05) is 0 Å². The van der Waals surface area contributed by atoms with E-state index in [1.54, 1.807) is 0 Å². The van der Waals surface area contributed by atoms with Crippen LogP contribution in [0.4, 0.5) is 0 Å². The first-order valence-electron chi connectivity index (χ1n) is 18.8. The van der Waals surface area contributed by atoms with Gasteiger partial charge in [-0.2, -0.15) is 0 Å². The summed E-state index contributed by atoms with van der Waals surface area (Å²) in [5.74, 6) is 1.79. The molecule has 0 bridgehead atoms. The molecule has 0 saturated carbocycles. The lowest BCUT2D eigenvalue weighted by atomic mass is 9.59. The van der Waals surface area contributed by atoms with Crippen LogP contribution in [0.5, 0.6) is 0 Å². The van der Waals surface area contributed by atoms with Gasteiger partial charge in [-0.05, 0) is 35.4 Å². The van der Waals surface area contributed by atoms with Crippen LogP contribution in [0.25, 0.3) is 94.7 Å². The van der Waals surface area contributed by atoms with Gasteiger partial charge in [0.2, 0.25) is 0 Å². The first-order valence-corrected chi connectivity index (χ1v) is 18.8. The van der Waals surface area contributed by atoms with Crippen LogP contribution < -0.4 is 27.3 Å². The molecule has 0 fully saturated rings. The summed E-state index contributed by atoms with van der Waals surface area (Å²) in [6, 6.07) is 48.3. The molecule has 0 aliphatic carbocycles. The molecule has 254 valence electrons. The van der Waals surface area contributed by atoms with E-state index in [2.05, 4.69) is 117 Å². The number of hydrogen-bond donors (Lipinski definition) is 0. The molecule has 0 amide bonds. The predicted molar refractivity (Wildman–Crippen MR) is 244 cm³/mol. The van der Waals surface area contributed by atoms with Crippen LogP contribution in [0.3, 0.4) is 0 Å². The van der Waals surface area contributed by atoms with Gasteiger partial charge in [-0.3, -0.25) is 0 Å². The van der Waals surface area contributed by atoms with Gasteiger partial charge >= 0.3 is 0 Å². The Morgan fingerprint density at radius 2 is 0.891 bits per heavy atom. The van der Waals surface area contributed by atoms with Crippen molar-refractivity contribution in [3.63, 3.8) is 0 Å². The summed E-state index contributed by atoms with van der Waals surface area (Å²) >= 11 is 0. The van der Waals surface area contributed by atoms with Crippen LogP contribution in [0.2, 0.25) is 0 Å². The third kappa shape index (κ3) is 5.12. The average molecular weight is 700 g/mol. The van der Waals surface area contributed by atoms with Gasteiger partial charge in [0.25, 0.3) is 0 Å². The van der Waals surface area contributed by atoms with E-state index in [1.807, 2.05) is 66.7 Å².